The van der Waals surface area contributed by atoms with Crippen LogP contribution in [0.3, 0.4) is 0 Å². The molecule has 1 aliphatic heterocycles. The Morgan fingerprint density at radius 1 is 1.19 bits per heavy atom. The quantitative estimate of drug-likeness (QED) is 0.691. The van der Waals surface area contributed by atoms with Gasteiger partial charge in [-0.25, -0.2) is 0 Å². The molecule has 1 saturated heterocycles. The van der Waals surface area contributed by atoms with Gasteiger partial charge in [0.05, 0.1) is 12.2 Å². The highest BCUT2D eigenvalue weighted by Crippen LogP contribution is 2.30. The maximum absolute atomic E-state index is 8.66. The largest absolute Gasteiger partial charge is 0.377 e. The molecule has 2 rings (SSSR count). The summed E-state index contributed by atoms with van der Waals surface area (Å²) < 4.78 is 5.77. The summed E-state index contributed by atoms with van der Waals surface area (Å²) in [4.78, 5) is 2.44. The molecule has 0 unspecified atom stereocenters. The summed E-state index contributed by atoms with van der Waals surface area (Å²) in [6.45, 7) is 4.08. The van der Waals surface area contributed by atoms with Gasteiger partial charge in [-0.15, -0.1) is 0 Å². The standard InChI is InChI=1S/C13H22N2O/c14-7-3-8-15(10-12-5-6-12)11-13-4-1-2-9-16-13/h12-13H,1-6,8-11H2/t13-/m1/s1. The van der Waals surface area contributed by atoms with Gasteiger partial charge in [0.15, 0.2) is 0 Å². The van der Waals surface area contributed by atoms with Crippen molar-refractivity contribution in [2.75, 3.05) is 26.2 Å². The third kappa shape index (κ3) is 4.11. The van der Waals surface area contributed by atoms with Crippen LogP contribution in [-0.2, 0) is 4.74 Å². The second-order valence-electron chi connectivity index (χ2n) is 5.10. The van der Waals surface area contributed by atoms with Crippen LogP contribution in [0.15, 0.2) is 0 Å². The van der Waals surface area contributed by atoms with Gasteiger partial charge in [0.2, 0.25) is 0 Å². The monoisotopic (exact) mass is 222 g/mol. The van der Waals surface area contributed by atoms with Gasteiger partial charge in [0, 0.05) is 32.7 Å². The smallest absolute Gasteiger partial charge is 0.0702 e. The Labute approximate surface area is 98.4 Å². The van der Waals surface area contributed by atoms with Gasteiger partial charge >= 0.3 is 0 Å². The SMILES string of the molecule is N#CCCN(CC1CC1)C[C@H]1CCCCO1. The molecule has 1 heterocycles. The fourth-order valence-corrected chi connectivity index (χ4v) is 2.37. The van der Waals surface area contributed by atoms with Crippen LogP contribution in [0, 0.1) is 17.2 Å². The third-order valence-corrected chi connectivity index (χ3v) is 3.49. The summed E-state index contributed by atoms with van der Waals surface area (Å²) in [5.41, 5.74) is 0. The first-order valence-corrected chi connectivity index (χ1v) is 6.59. The van der Waals surface area contributed by atoms with E-state index in [9.17, 15) is 0 Å². The first kappa shape index (κ1) is 11.9. The Balaban J connectivity index is 1.72. The van der Waals surface area contributed by atoms with Crippen LogP contribution in [0.25, 0.3) is 0 Å². The first-order valence-electron chi connectivity index (χ1n) is 6.59. The van der Waals surface area contributed by atoms with E-state index in [1.54, 1.807) is 0 Å². The fraction of sp³-hybridized carbons (Fsp3) is 0.923. The molecule has 2 aliphatic rings. The molecule has 1 aliphatic carbocycles. The normalized spacial score (nSPS) is 25.6. The average molecular weight is 222 g/mol. The Morgan fingerprint density at radius 3 is 2.69 bits per heavy atom. The van der Waals surface area contributed by atoms with Gasteiger partial charge in [-0.2, -0.15) is 5.26 Å². The van der Waals surface area contributed by atoms with Crippen molar-refractivity contribution in [2.45, 2.75) is 44.6 Å². The number of ether oxygens (including phenoxy) is 1. The lowest BCUT2D eigenvalue weighted by Crippen LogP contribution is -2.37. The lowest BCUT2D eigenvalue weighted by Gasteiger charge is -2.29. The van der Waals surface area contributed by atoms with E-state index in [0.29, 0.717) is 12.5 Å². The van der Waals surface area contributed by atoms with Gasteiger partial charge in [0.25, 0.3) is 0 Å². The van der Waals surface area contributed by atoms with Gasteiger partial charge in [0.1, 0.15) is 0 Å². The van der Waals surface area contributed by atoms with Crippen molar-refractivity contribution in [3.05, 3.63) is 0 Å². The number of hydrogen-bond acceptors (Lipinski definition) is 3. The van der Waals surface area contributed by atoms with Crippen molar-refractivity contribution in [3.63, 3.8) is 0 Å². The predicted octanol–water partition coefficient (Wildman–Crippen LogP) is 2.18. The van der Waals surface area contributed by atoms with Crippen LogP contribution in [0.5, 0.6) is 0 Å². The Hall–Kier alpha value is -0.590. The molecule has 0 aromatic heterocycles. The molecule has 3 heteroatoms. The fourth-order valence-electron chi connectivity index (χ4n) is 2.37. The zero-order valence-corrected chi connectivity index (χ0v) is 10.0. The summed E-state index contributed by atoms with van der Waals surface area (Å²) in [7, 11) is 0. The molecule has 0 N–H and O–H groups in total. The zero-order chi connectivity index (χ0) is 11.2. The molecule has 90 valence electrons. The molecule has 16 heavy (non-hydrogen) atoms. The van der Waals surface area contributed by atoms with Crippen LogP contribution < -0.4 is 0 Å². The highest BCUT2D eigenvalue weighted by Gasteiger charge is 2.26. The minimum Gasteiger partial charge on any atom is -0.377 e. The highest BCUT2D eigenvalue weighted by molar-refractivity contribution is 4.81. The molecule has 1 atom stereocenters. The molecule has 2 fully saturated rings. The molecule has 0 aromatic carbocycles. The minimum absolute atomic E-state index is 0.422. The zero-order valence-electron chi connectivity index (χ0n) is 10.0. The van der Waals surface area contributed by atoms with E-state index in [1.807, 2.05) is 0 Å². The van der Waals surface area contributed by atoms with Crippen LogP contribution in [0.2, 0.25) is 0 Å². The van der Waals surface area contributed by atoms with E-state index >= 15 is 0 Å². The van der Waals surface area contributed by atoms with Crippen molar-refractivity contribution in [1.29, 1.82) is 5.26 Å². The molecule has 0 amide bonds. The number of nitriles is 1. The van der Waals surface area contributed by atoms with Crippen LogP contribution in [0.1, 0.15) is 38.5 Å². The topological polar surface area (TPSA) is 36.3 Å². The first-order chi connectivity index (χ1) is 7.88. The maximum atomic E-state index is 8.66. The van der Waals surface area contributed by atoms with Crippen molar-refractivity contribution in [3.8, 4) is 6.07 Å². The number of rotatable bonds is 6. The van der Waals surface area contributed by atoms with E-state index < -0.39 is 0 Å². The average Bonchev–Trinajstić information content (AvgIpc) is 3.11. The summed E-state index contributed by atoms with van der Waals surface area (Å²) in [5, 5.41) is 8.66. The molecular weight excluding hydrogens is 200 g/mol. The van der Waals surface area contributed by atoms with E-state index in [-0.39, 0.29) is 0 Å². The van der Waals surface area contributed by atoms with Gasteiger partial charge in [-0.05, 0) is 38.0 Å². The van der Waals surface area contributed by atoms with Crippen LogP contribution in [-0.4, -0.2) is 37.2 Å². The van der Waals surface area contributed by atoms with Crippen molar-refractivity contribution >= 4 is 0 Å². The molecule has 0 radical (unpaired) electrons. The van der Waals surface area contributed by atoms with E-state index in [0.717, 1.165) is 25.6 Å². The van der Waals surface area contributed by atoms with Gasteiger partial charge in [-0.1, -0.05) is 0 Å². The van der Waals surface area contributed by atoms with Gasteiger partial charge in [-0.3, -0.25) is 4.90 Å². The second kappa shape index (κ2) is 6.22. The number of nitrogens with zero attached hydrogens (tertiary/aromatic N) is 2. The molecule has 3 nitrogen and oxygen atoms in total. The molecular formula is C13H22N2O. The lowest BCUT2D eigenvalue weighted by atomic mass is 10.1. The van der Waals surface area contributed by atoms with Gasteiger partial charge < -0.3 is 4.74 Å². The third-order valence-electron chi connectivity index (χ3n) is 3.49. The van der Waals surface area contributed by atoms with E-state index in [4.69, 9.17) is 10.00 Å². The summed E-state index contributed by atoms with van der Waals surface area (Å²) in [6.07, 6.45) is 7.57. The van der Waals surface area contributed by atoms with Crippen LogP contribution in [0.4, 0.5) is 0 Å². The summed E-state index contributed by atoms with van der Waals surface area (Å²) >= 11 is 0. The number of hydrogen-bond donors (Lipinski definition) is 0. The molecule has 0 aromatic rings. The summed E-state index contributed by atoms with van der Waals surface area (Å²) in [5.74, 6) is 0.905. The second-order valence-corrected chi connectivity index (χ2v) is 5.10. The lowest BCUT2D eigenvalue weighted by molar-refractivity contribution is -0.00608. The predicted molar refractivity (Wildman–Crippen MR) is 63.0 cm³/mol. The summed E-state index contributed by atoms with van der Waals surface area (Å²) in [6, 6.07) is 2.25. The van der Waals surface area contributed by atoms with Crippen molar-refractivity contribution < 1.29 is 4.74 Å². The molecule has 0 bridgehead atoms. The minimum atomic E-state index is 0.422. The Kier molecular flexibility index (Phi) is 4.62. The van der Waals surface area contributed by atoms with E-state index in [2.05, 4.69) is 11.0 Å². The van der Waals surface area contributed by atoms with E-state index in [1.165, 1.54) is 38.6 Å². The van der Waals surface area contributed by atoms with Crippen molar-refractivity contribution in [1.82, 2.24) is 4.90 Å². The Morgan fingerprint density at radius 2 is 2.06 bits per heavy atom. The molecule has 1 saturated carbocycles. The van der Waals surface area contributed by atoms with Crippen LogP contribution >= 0.6 is 0 Å². The molecule has 0 spiro atoms. The Bertz CT molecular complexity index is 239. The highest BCUT2D eigenvalue weighted by atomic mass is 16.5. The van der Waals surface area contributed by atoms with Crippen molar-refractivity contribution in [2.24, 2.45) is 5.92 Å². The maximum Gasteiger partial charge on any atom is 0.0702 e.